The second-order valence-corrected chi connectivity index (χ2v) is 1.48. The zero-order valence-corrected chi connectivity index (χ0v) is 6.52. The average molecular weight is 200 g/mol. The summed E-state index contributed by atoms with van der Waals surface area (Å²) in [5, 5.41) is 45.5. The molecule has 0 bridgehead atoms. The van der Waals surface area contributed by atoms with Crippen LogP contribution >= 0.6 is 0 Å². The fourth-order valence-electron chi connectivity index (χ4n) is 0. The van der Waals surface area contributed by atoms with Gasteiger partial charge in [0, 0.05) is 0 Å². The van der Waals surface area contributed by atoms with Gasteiger partial charge in [-0.25, -0.2) is 0 Å². The molecule has 0 saturated heterocycles. The van der Waals surface area contributed by atoms with Crippen LogP contribution in [0.3, 0.4) is 0 Å². The van der Waals surface area contributed by atoms with Crippen LogP contribution in [0.5, 0.6) is 0 Å². The lowest BCUT2D eigenvalue weighted by Gasteiger charge is -1.90. The van der Waals surface area contributed by atoms with Gasteiger partial charge in [0.25, 0.3) is 0 Å². The number of hydrogen-bond acceptors (Lipinski definition) is 8. The van der Waals surface area contributed by atoms with Gasteiger partial charge in [-0.2, -0.15) is 0 Å². The highest BCUT2D eigenvalue weighted by molar-refractivity contribution is 4.34. The van der Waals surface area contributed by atoms with Crippen LogP contribution in [-0.2, 0) is 0 Å². The van der Waals surface area contributed by atoms with E-state index >= 15 is 0 Å². The van der Waals surface area contributed by atoms with E-state index in [-0.39, 0.29) is 6.61 Å². The van der Waals surface area contributed by atoms with E-state index in [1.807, 2.05) is 0 Å². The van der Waals surface area contributed by atoms with Crippen LogP contribution < -0.4 is 0 Å². The molecule has 0 aromatic rings. The molecule has 10 nitrogen and oxygen atoms in total. The Balaban J connectivity index is -0.000000117. The molecular formula is C3H8N2O8-2. The minimum atomic E-state index is -1.75. The van der Waals surface area contributed by atoms with E-state index in [2.05, 4.69) is 0 Å². The number of aliphatic hydroxyl groups excluding tert-OH is 2. The van der Waals surface area contributed by atoms with Crippen molar-refractivity contribution in [2.24, 2.45) is 0 Å². The molecule has 0 aliphatic heterocycles. The molecule has 0 saturated carbocycles. The van der Waals surface area contributed by atoms with Gasteiger partial charge in [0.1, 0.15) is 0 Å². The lowest BCUT2D eigenvalue weighted by atomic mass is 10.5. The van der Waals surface area contributed by atoms with Gasteiger partial charge in [0.2, 0.25) is 0 Å². The third kappa shape index (κ3) is 6980. The zero-order chi connectivity index (χ0) is 11.4. The molecule has 0 fully saturated rings. The third-order valence-electron chi connectivity index (χ3n) is 0.264. The summed E-state index contributed by atoms with van der Waals surface area (Å²) in [5.74, 6) is 0. The standard InChI is InChI=1S/C3H8O2.2NO3/c1-3(5)2-4;2*2-1(3)4/h3-5H,2H2,1H3;;/q;2*-1. The Kier molecular flexibility index (Phi) is 17.3. The van der Waals surface area contributed by atoms with Crippen molar-refractivity contribution in [3.63, 3.8) is 0 Å². The van der Waals surface area contributed by atoms with Crippen molar-refractivity contribution in [3.05, 3.63) is 30.6 Å². The molecule has 0 aliphatic rings. The molecule has 13 heavy (non-hydrogen) atoms. The average Bonchev–Trinajstić information content (AvgIpc) is 1.84. The molecule has 10 heteroatoms. The first kappa shape index (κ1) is 17.4. The van der Waals surface area contributed by atoms with E-state index in [4.69, 9.17) is 40.9 Å². The summed E-state index contributed by atoms with van der Waals surface area (Å²) in [4.78, 5) is 16.5. The van der Waals surface area contributed by atoms with E-state index in [1.54, 1.807) is 0 Å². The van der Waals surface area contributed by atoms with E-state index in [0.29, 0.717) is 0 Å². The van der Waals surface area contributed by atoms with Gasteiger partial charge in [-0.3, -0.25) is 0 Å². The molecule has 0 heterocycles. The number of aliphatic hydroxyl groups is 2. The maximum Gasteiger partial charge on any atom is 0.0742 e. The molecule has 0 aliphatic carbocycles. The van der Waals surface area contributed by atoms with Crippen LogP contribution in [0.2, 0.25) is 0 Å². The van der Waals surface area contributed by atoms with Gasteiger partial charge in [0.05, 0.1) is 22.9 Å². The summed E-state index contributed by atoms with van der Waals surface area (Å²) < 4.78 is 0. The zero-order valence-electron chi connectivity index (χ0n) is 6.52. The van der Waals surface area contributed by atoms with Crippen LogP contribution in [0.4, 0.5) is 0 Å². The summed E-state index contributed by atoms with van der Waals surface area (Å²) in [6, 6.07) is 0. The molecule has 0 spiro atoms. The van der Waals surface area contributed by atoms with Crippen LogP contribution in [0.1, 0.15) is 6.92 Å². The maximum absolute atomic E-state index is 8.25. The van der Waals surface area contributed by atoms with E-state index < -0.39 is 16.3 Å². The van der Waals surface area contributed by atoms with E-state index in [0.717, 1.165) is 0 Å². The Labute approximate surface area is 71.9 Å². The summed E-state index contributed by atoms with van der Waals surface area (Å²) in [7, 11) is 0. The lowest BCUT2D eigenvalue weighted by Crippen LogP contribution is -2.03. The minimum absolute atomic E-state index is 0.139. The van der Waals surface area contributed by atoms with Crippen molar-refractivity contribution in [3.8, 4) is 0 Å². The predicted molar refractivity (Wildman–Crippen MR) is 39.5 cm³/mol. The van der Waals surface area contributed by atoms with Crippen molar-refractivity contribution in [2.75, 3.05) is 6.61 Å². The largest absolute Gasteiger partial charge is 0.394 e. The molecule has 1 unspecified atom stereocenters. The predicted octanol–water partition coefficient (Wildman–Crippen LogP) is -1.12. The summed E-state index contributed by atoms with van der Waals surface area (Å²) in [5.41, 5.74) is 0. The first-order valence-electron chi connectivity index (χ1n) is 2.66. The van der Waals surface area contributed by atoms with Crippen molar-refractivity contribution in [1.82, 2.24) is 0 Å². The fraction of sp³-hybridized carbons (Fsp3) is 1.00. The summed E-state index contributed by atoms with van der Waals surface area (Å²) >= 11 is 0. The van der Waals surface area contributed by atoms with Crippen LogP contribution in [0, 0.1) is 30.6 Å². The minimum Gasteiger partial charge on any atom is -0.394 e. The Morgan fingerprint density at radius 3 is 1.23 bits per heavy atom. The molecule has 0 aromatic carbocycles. The second-order valence-electron chi connectivity index (χ2n) is 1.48. The first-order valence-corrected chi connectivity index (χ1v) is 2.66. The van der Waals surface area contributed by atoms with Crippen LogP contribution in [0.15, 0.2) is 0 Å². The normalized spacial score (nSPS) is 9.46. The van der Waals surface area contributed by atoms with Gasteiger partial charge in [-0.1, -0.05) is 0 Å². The monoisotopic (exact) mass is 200 g/mol. The Morgan fingerprint density at radius 2 is 1.23 bits per heavy atom. The molecule has 0 aromatic heterocycles. The highest BCUT2D eigenvalue weighted by Gasteiger charge is 1.83. The molecule has 1 atom stereocenters. The lowest BCUT2D eigenvalue weighted by molar-refractivity contribution is -0.403. The maximum atomic E-state index is 8.25. The van der Waals surface area contributed by atoms with Gasteiger partial charge >= 0.3 is 0 Å². The Hall–Kier alpha value is -1.68. The Bertz CT molecular complexity index is 115. The first-order chi connectivity index (χ1) is 5.73. The quantitative estimate of drug-likeness (QED) is 0.395. The molecule has 0 radical (unpaired) electrons. The summed E-state index contributed by atoms with van der Waals surface area (Å²) in [6.07, 6.45) is -0.560. The van der Waals surface area contributed by atoms with Crippen molar-refractivity contribution in [2.45, 2.75) is 13.0 Å². The van der Waals surface area contributed by atoms with Crippen molar-refractivity contribution in [1.29, 1.82) is 0 Å². The van der Waals surface area contributed by atoms with E-state index in [9.17, 15) is 0 Å². The van der Waals surface area contributed by atoms with Gasteiger partial charge in [-0.15, -0.1) is 0 Å². The topological polar surface area (TPSA) is 173 Å². The highest BCUT2D eigenvalue weighted by Crippen LogP contribution is 1.68. The summed E-state index contributed by atoms with van der Waals surface area (Å²) in [6.45, 7) is 1.39. The molecule has 0 amide bonds. The molecular weight excluding hydrogens is 192 g/mol. The van der Waals surface area contributed by atoms with E-state index in [1.165, 1.54) is 6.92 Å². The number of nitrogens with zero attached hydrogens (tertiary/aromatic N) is 2. The smallest absolute Gasteiger partial charge is 0.0742 e. The van der Waals surface area contributed by atoms with Gasteiger partial charge in [-0.05, 0) is 6.92 Å². The third-order valence-corrected chi connectivity index (χ3v) is 0.264. The highest BCUT2D eigenvalue weighted by atomic mass is 16.9. The van der Waals surface area contributed by atoms with Gasteiger partial charge < -0.3 is 40.9 Å². The second kappa shape index (κ2) is 12.9. The molecule has 2 N–H and O–H groups in total. The van der Waals surface area contributed by atoms with Crippen molar-refractivity contribution < 1.29 is 20.4 Å². The van der Waals surface area contributed by atoms with Gasteiger partial charge in [0.15, 0.2) is 0 Å². The molecule has 0 rings (SSSR count). The molecule has 80 valence electrons. The number of rotatable bonds is 1. The SMILES string of the molecule is CC(O)CO.O=[N+]([O-])[O-].O=[N+]([O-])[O-]. The Morgan fingerprint density at radius 1 is 1.15 bits per heavy atom. The van der Waals surface area contributed by atoms with Crippen molar-refractivity contribution >= 4 is 0 Å². The van der Waals surface area contributed by atoms with Crippen LogP contribution in [0.25, 0.3) is 0 Å². The fourth-order valence-corrected chi connectivity index (χ4v) is 0. The number of hydrogen-bond donors (Lipinski definition) is 2. The van der Waals surface area contributed by atoms with Crippen LogP contribution in [-0.4, -0.2) is 33.1 Å².